The zero-order valence-corrected chi connectivity index (χ0v) is 21.6. The second-order valence-corrected chi connectivity index (χ2v) is 10.2. The van der Waals surface area contributed by atoms with E-state index in [1.807, 2.05) is 60.7 Å². The van der Waals surface area contributed by atoms with Crippen molar-refractivity contribution in [1.82, 2.24) is 5.32 Å². The van der Waals surface area contributed by atoms with Gasteiger partial charge < -0.3 is 19.2 Å². The number of nitrogens with zero attached hydrogens (tertiary/aromatic N) is 1. The van der Waals surface area contributed by atoms with E-state index in [0.717, 1.165) is 35.4 Å². The molecule has 0 spiro atoms. The number of nitriles is 1. The predicted octanol–water partition coefficient (Wildman–Crippen LogP) is 5.88. The minimum absolute atomic E-state index is 0.0790. The second kappa shape index (κ2) is 9.54. The van der Waals surface area contributed by atoms with E-state index in [2.05, 4.69) is 31.0 Å². The minimum atomic E-state index is 0.0790. The van der Waals surface area contributed by atoms with Crippen molar-refractivity contribution in [3.63, 3.8) is 0 Å². The third kappa shape index (κ3) is 4.16. The third-order valence-corrected chi connectivity index (χ3v) is 7.91. The lowest BCUT2D eigenvalue weighted by Gasteiger charge is -2.28. The fraction of sp³-hybridized carbons (Fsp3) is 0.281. The maximum atomic E-state index is 13.0. The Labute approximate surface area is 221 Å². The highest BCUT2D eigenvalue weighted by Gasteiger charge is 2.48. The van der Waals surface area contributed by atoms with Crippen molar-refractivity contribution < 1.29 is 18.7 Å². The molecular weight excluding hydrogens is 476 g/mol. The van der Waals surface area contributed by atoms with E-state index in [9.17, 15) is 10.1 Å². The fourth-order valence-corrected chi connectivity index (χ4v) is 5.22. The number of hydrogen-bond acceptors (Lipinski definition) is 6. The van der Waals surface area contributed by atoms with Crippen molar-refractivity contribution in [3.05, 3.63) is 88.4 Å². The molecule has 3 aromatic rings. The van der Waals surface area contributed by atoms with Gasteiger partial charge in [-0.05, 0) is 66.0 Å². The van der Waals surface area contributed by atoms with Crippen LogP contribution >= 0.6 is 0 Å². The number of nitrogens with one attached hydrogen (secondary N) is 1. The number of carbonyl (C=O) groups excluding carboxylic acids is 1. The summed E-state index contributed by atoms with van der Waals surface area (Å²) in [6.07, 6.45) is 5.73. The highest BCUT2D eigenvalue weighted by Crippen LogP contribution is 2.48. The van der Waals surface area contributed by atoms with Gasteiger partial charge in [0.15, 0.2) is 5.78 Å². The molecule has 6 nitrogen and oxygen atoms in total. The number of allylic oxidation sites excluding steroid dienone is 2. The van der Waals surface area contributed by atoms with E-state index >= 15 is 0 Å². The lowest BCUT2D eigenvalue weighted by molar-refractivity contribution is 0.0957. The zero-order chi connectivity index (χ0) is 26.4. The number of benzene rings is 2. The van der Waals surface area contributed by atoms with Crippen molar-refractivity contribution in [2.75, 3.05) is 20.2 Å². The summed E-state index contributed by atoms with van der Waals surface area (Å²) >= 11 is 0. The van der Waals surface area contributed by atoms with Gasteiger partial charge in [0.1, 0.15) is 35.2 Å². The summed E-state index contributed by atoms with van der Waals surface area (Å²) in [5.41, 5.74) is 7.62. The summed E-state index contributed by atoms with van der Waals surface area (Å²) in [7, 11) is 1.60. The maximum absolute atomic E-state index is 13.0. The molecule has 2 heterocycles. The molecule has 6 heteroatoms. The van der Waals surface area contributed by atoms with Crippen LogP contribution in [0.2, 0.25) is 0 Å². The van der Waals surface area contributed by atoms with Crippen molar-refractivity contribution in [2.45, 2.75) is 20.0 Å². The van der Waals surface area contributed by atoms with E-state index in [0.29, 0.717) is 46.0 Å². The van der Waals surface area contributed by atoms with Crippen LogP contribution in [0.15, 0.2) is 64.8 Å². The van der Waals surface area contributed by atoms with Gasteiger partial charge in [-0.2, -0.15) is 5.26 Å². The van der Waals surface area contributed by atoms with Gasteiger partial charge in [0.25, 0.3) is 0 Å². The lowest BCUT2D eigenvalue weighted by Crippen LogP contribution is -2.50. The van der Waals surface area contributed by atoms with Crippen molar-refractivity contribution >= 4 is 17.4 Å². The molecule has 38 heavy (non-hydrogen) atoms. The number of methoxy groups -OCH3 is 1. The minimum Gasteiger partial charge on any atom is -0.496 e. The first-order chi connectivity index (χ1) is 18.5. The fourth-order valence-electron chi connectivity index (χ4n) is 5.22. The molecule has 2 aromatic carbocycles. The first kappa shape index (κ1) is 24.1. The molecule has 1 aliphatic heterocycles. The molecule has 2 aliphatic carbocycles. The van der Waals surface area contributed by atoms with Crippen molar-refractivity contribution in [2.24, 2.45) is 17.8 Å². The monoisotopic (exact) mass is 504 g/mol. The average molecular weight is 505 g/mol. The summed E-state index contributed by atoms with van der Waals surface area (Å²) in [6, 6.07) is 15.4. The number of furan rings is 1. The third-order valence-electron chi connectivity index (χ3n) is 7.91. The average Bonchev–Trinajstić information content (AvgIpc) is 3.38. The van der Waals surface area contributed by atoms with E-state index in [1.54, 1.807) is 7.11 Å². The molecule has 2 atom stereocenters. The van der Waals surface area contributed by atoms with Crippen LogP contribution in [0.25, 0.3) is 23.0 Å². The maximum Gasteiger partial charge on any atom is 0.166 e. The Balaban J connectivity index is 1.34. The normalized spacial score (nSPS) is 21.5. The Morgan fingerprint density at radius 2 is 1.92 bits per heavy atom. The van der Waals surface area contributed by atoms with Crippen LogP contribution in [0.5, 0.6) is 11.5 Å². The Morgan fingerprint density at radius 3 is 2.61 bits per heavy atom. The molecule has 2 unspecified atom stereocenters. The molecule has 6 rings (SSSR count). The first-order valence-corrected chi connectivity index (χ1v) is 12.9. The number of fused-ring (bicyclic) bond motifs is 1. The largest absolute Gasteiger partial charge is 0.496 e. The predicted molar refractivity (Wildman–Crippen MR) is 145 cm³/mol. The summed E-state index contributed by atoms with van der Waals surface area (Å²) < 4.78 is 18.1. The number of carbonyl (C=O) groups is 1. The van der Waals surface area contributed by atoms with Gasteiger partial charge in [-0.15, -0.1) is 5.73 Å². The molecular formula is C32H28N2O4. The Bertz CT molecular complexity index is 1570. The standard InChI is InChI=1S/C32H28N2O4/c1-18-19(2)30(18)31(35)21-8-10-26(28(13-21)36-3)29-14-22-6-4-5-7-25(32(22)38-29)20-9-11-27(23(12-20)15-33)37-24-16-34-17-24/h5-14,18-19,24,30,34H,16-17H2,1-3H3. The van der Waals surface area contributed by atoms with E-state index in [4.69, 9.17) is 13.9 Å². The Morgan fingerprint density at radius 1 is 1.11 bits per heavy atom. The van der Waals surface area contributed by atoms with Crippen molar-refractivity contribution in [1.29, 1.82) is 5.26 Å². The van der Waals surface area contributed by atoms with Crippen LogP contribution in [-0.2, 0) is 0 Å². The molecule has 3 aliphatic rings. The molecule has 1 aromatic heterocycles. The van der Waals surface area contributed by atoms with E-state index < -0.39 is 0 Å². The molecule has 190 valence electrons. The second-order valence-electron chi connectivity index (χ2n) is 10.2. The first-order valence-electron chi connectivity index (χ1n) is 12.9. The Kier molecular flexibility index (Phi) is 6.04. The van der Waals surface area contributed by atoms with Gasteiger partial charge in [-0.25, -0.2) is 0 Å². The smallest absolute Gasteiger partial charge is 0.166 e. The van der Waals surface area contributed by atoms with Crippen molar-refractivity contribution in [3.8, 4) is 28.9 Å². The number of hydrogen-bond donors (Lipinski definition) is 1. The topological polar surface area (TPSA) is 84.5 Å². The molecule has 0 radical (unpaired) electrons. The lowest BCUT2D eigenvalue weighted by atomic mass is 9.98. The highest BCUT2D eigenvalue weighted by atomic mass is 16.5. The van der Waals surface area contributed by atoms with Crippen LogP contribution < -0.4 is 14.8 Å². The van der Waals surface area contributed by atoms with Gasteiger partial charge in [0.05, 0.1) is 18.2 Å². The summed E-state index contributed by atoms with van der Waals surface area (Å²) in [4.78, 5) is 13.0. The molecule has 0 amide bonds. The summed E-state index contributed by atoms with van der Waals surface area (Å²) in [5.74, 6) is 3.54. The number of Topliss-reactive ketones (excluding diaryl/α,β-unsaturated/α-hetero) is 1. The molecule has 1 saturated heterocycles. The summed E-state index contributed by atoms with van der Waals surface area (Å²) in [6.45, 7) is 5.80. The zero-order valence-electron chi connectivity index (χ0n) is 21.6. The molecule has 0 bridgehead atoms. The van der Waals surface area contributed by atoms with Gasteiger partial charge in [0.2, 0.25) is 0 Å². The van der Waals surface area contributed by atoms with E-state index in [-0.39, 0.29) is 17.8 Å². The number of rotatable bonds is 7. The van der Waals surface area contributed by atoms with Gasteiger partial charge in [-0.3, -0.25) is 4.79 Å². The van der Waals surface area contributed by atoms with Gasteiger partial charge in [-0.1, -0.05) is 26.0 Å². The van der Waals surface area contributed by atoms with Crippen LogP contribution in [0.1, 0.15) is 46.7 Å². The van der Waals surface area contributed by atoms with Crippen LogP contribution in [0, 0.1) is 29.1 Å². The molecule has 1 N–H and O–H groups in total. The van der Waals surface area contributed by atoms with Crippen LogP contribution in [-0.4, -0.2) is 32.1 Å². The molecule has 2 fully saturated rings. The van der Waals surface area contributed by atoms with Crippen LogP contribution in [0.3, 0.4) is 0 Å². The quantitative estimate of drug-likeness (QED) is 0.320. The number of ketones is 1. The SMILES string of the molecule is COc1cc(C(=O)C2C(C)C2C)ccc1-c1cc2c(o1)C(c1ccc(OC3CNC3)c(C#N)c1)=CC=C=C2. The van der Waals surface area contributed by atoms with Gasteiger partial charge >= 0.3 is 0 Å². The highest BCUT2D eigenvalue weighted by molar-refractivity contribution is 6.01. The number of ether oxygens (including phenoxy) is 2. The van der Waals surface area contributed by atoms with Gasteiger partial charge in [0, 0.05) is 35.7 Å². The Hall–Kier alpha value is -4.30. The van der Waals surface area contributed by atoms with Crippen LogP contribution in [0.4, 0.5) is 0 Å². The molecule has 1 saturated carbocycles. The summed E-state index contributed by atoms with van der Waals surface area (Å²) in [5, 5.41) is 13.0. The van der Waals surface area contributed by atoms with E-state index in [1.165, 1.54) is 0 Å².